The standard InChI is InChI=1S/C46H29NOS/c1-2-13-32(14-3-1)44-34-15-5-4-12-30(34)26-29-35(44)31-24-27-33(28-25-31)47(40-20-10-18-38-36-16-6-8-22-42(36)48-45(38)40)41-21-11-19-39-37-17-7-9-23-43(37)49-46(39)41/h1-29H. The van der Waals surface area contributed by atoms with E-state index in [1.54, 1.807) is 0 Å². The number of para-hydroxylation sites is 2. The van der Waals surface area contributed by atoms with Gasteiger partial charge in [-0.15, -0.1) is 11.3 Å². The van der Waals surface area contributed by atoms with Crippen LogP contribution in [0.1, 0.15) is 0 Å². The number of hydrogen-bond donors (Lipinski definition) is 0. The van der Waals surface area contributed by atoms with Gasteiger partial charge in [-0.05, 0) is 69.4 Å². The zero-order chi connectivity index (χ0) is 32.3. The number of rotatable bonds is 5. The fraction of sp³-hybridized carbons (Fsp3) is 0. The highest BCUT2D eigenvalue weighted by atomic mass is 32.1. The molecule has 0 N–H and O–H groups in total. The maximum absolute atomic E-state index is 6.64. The van der Waals surface area contributed by atoms with Crippen LogP contribution in [0.5, 0.6) is 0 Å². The molecule has 2 aromatic heterocycles. The summed E-state index contributed by atoms with van der Waals surface area (Å²) in [4.78, 5) is 2.38. The van der Waals surface area contributed by atoms with E-state index in [9.17, 15) is 0 Å². The second-order valence-electron chi connectivity index (χ2n) is 12.5. The van der Waals surface area contributed by atoms with Crippen LogP contribution in [0, 0.1) is 0 Å². The highest BCUT2D eigenvalue weighted by Crippen LogP contribution is 2.48. The molecule has 0 spiro atoms. The Kier molecular flexibility index (Phi) is 6.39. The lowest BCUT2D eigenvalue weighted by atomic mass is 9.90. The fourth-order valence-electron chi connectivity index (χ4n) is 7.44. The molecule has 49 heavy (non-hydrogen) atoms. The van der Waals surface area contributed by atoms with Gasteiger partial charge in [-0.3, -0.25) is 0 Å². The summed E-state index contributed by atoms with van der Waals surface area (Å²) in [7, 11) is 0. The van der Waals surface area contributed by atoms with Gasteiger partial charge in [0.2, 0.25) is 0 Å². The Labute approximate surface area is 287 Å². The first kappa shape index (κ1) is 27.9. The van der Waals surface area contributed by atoms with E-state index in [0.29, 0.717) is 0 Å². The number of benzene rings is 8. The summed E-state index contributed by atoms with van der Waals surface area (Å²) in [5.74, 6) is 0. The molecule has 3 heteroatoms. The van der Waals surface area contributed by atoms with Crippen LogP contribution in [0.2, 0.25) is 0 Å². The van der Waals surface area contributed by atoms with Crippen molar-refractivity contribution < 1.29 is 4.42 Å². The molecule has 8 aromatic carbocycles. The van der Waals surface area contributed by atoms with Gasteiger partial charge in [0.25, 0.3) is 0 Å². The van der Waals surface area contributed by atoms with E-state index in [1.165, 1.54) is 53.2 Å². The Balaban J connectivity index is 1.20. The van der Waals surface area contributed by atoms with Gasteiger partial charge in [0, 0.05) is 31.9 Å². The number of fused-ring (bicyclic) bond motifs is 7. The van der Waals surface area contributed by atoms with Crippen LogP contribution in [0.25, 0.3) is 75.1 Å². The summed E-state index contributed by atoms with van der Waals surface area (Å²) in [6, 6.07) is 63.1. The van der Waals surface area contributed by atoms with E-state index in [0.717, 1.165) is 39.0 Å². The molecule has 0 fully saturated rings. The third-order valence-corrected chi connectivity index (χ3v) is 10.9. The molecule has 0 saturated carbocycles. The first-order valence-electron chi connectivity index (χ1n) is 16.6. The molecule has 2 nitrogen and oxygen atoms in total. The lowest BCUT2D eigenvalue weighted by Gasteiger charge is -2.26. The molecule has 10 aromatic rings. The summed E-state index contributed by atoms with van der Waals surface area (Å²) in [6.07, 6.45) is 0. The zero-order valence-corrected chi connectivity index (χ0v) is 27.3. The van der Waals surface area contributed by atoms with Crippen LogP contribution in [0.15, 0.2) is 180 Å². The molecule has 10 rings (SSSR count). The molecule has 0 atom stereocenters. The van der Waals surface area contributed by atoms with Crippen LogP contribution < -0.4 is 4.90 Å². The SMILES string of the molecule is c1ccc(-c2c(-c3ccc(N(c4cccc5c4oc4ccccc45)c4cccc5c4sc4ccccc45)cc3)ccc3ccccc23)cc1. The fourth-order valence-corrected chi connectivity index (χ4v) is 8.65. The summed E-state index contributed by atoms with van der Waals surface area (Å²) < 4.78 is 9.17. The first-order chi connectivity index (χ1) is 24.3. The Hall–Kier alpha value is -6.16. The zero-order valence-electron chi connectivity index (χ0n) is 26.5. The largest absolute Gasteiger partial charge is 0.454 e. The molecular weight excluding hydrogens is 615 g/mol. The van der Waals surface area contributed by atoms with Crippen molar-refractivity contribution in [2.75, 3.05) is 4.90 Å². The van der Waals surface area contributed by atoms with Crippen LogP contribution >= 0.6 is 11.3 Å². The average Bonchev–Trinajstić information content (AvgIpc) is 3.75. The predicted molar refractivity (Wildman–Crippen MR) is 210 cm³/mol. The van der Waals surface area contributed by atoms with Crippen molar-refractivity contribution >= 4 is 81.3 Å². The van der Waals surface area contributed by atoms with E-state index in [-0.39, 0.29) is 0 Å². The van der Waals surface area contributed by atoms with E-state index in [4.69, 9.17) is 4.42 Å². The molecule has 0 bridgehead atoms. The minimum atomic E-state index is 0.881. The lowest BCUT2D eigenvalue weighted by Crippen LogP contribution is -2.10. The monoisotopic (exact) mass is 643 g/mol. The molecule has 0 radical (unpaired) electrons. The number of hydrogen-bond acceptors (Lipinski definition) is 3. The molecule has 0 aliphatic rings. The van der Waals surface area contributed by atoms with Crippen LogP contribution in [-0.2, 0) is 0 Å². The third-order valence-electron chi connectivity index (χ3n) is 9.68. The number of anilines is 3. The van der Waals surface area contributed by atoms with Gasteiger partial charge in [0.05, 0.1) is 16.1 Å². The maximum atomic E-state index is 6.64. The second kappa shape index (κ2) is 11.2. The van der Waals surface area contributed by atoms with Crippen LogP contribution in [-0.4, -0.2) is 0 Å². The Morgan fingerprint density at radius 2 is 1.10 bits per heavy atom. The smallest absolute Gasteiger partial charge is 0.159 e. The minimum absolute atomic E-state index is 0.881. The van der Waals surface area contributed by atoms with Gasteiger partial charge in [-0.25, -0.2) is 0 Å². The molecule has 2 heterocycles. The predicted octanol–water partition coefficient (Wildman–Crippen LogP) is 13.9. The Bertz CT molecular complexity index is 2710. The van der Waals surface area contributed by atoms with Crippen molar-refractivity contribution in [3.05, 3.63) is 176 Å². The van der Waals surface area contributed by atoms with Crippen molar-refractivity contribution in [2.45, 2.75) is 0 Å². The second-order valence-corrected chi connectivity index (χ2v) is 13.5. The number of nitrogens with zero attached hydrogens (tertiary/aromatic N) is 1. The average molecular weight is 644 g/mol. The summed E-state index contributed by atoms with van der Waals surface area (Å²) in [6.45, 7) is 0. The van der Waals surface area contributed by atoms with Crippen molar-refractivity contribution in [1.82, 2.24) is 0 Å². The topological polar surface area (TPSA) is 16.4 Å². The molecule has 0 amide bonds. The van der Waals surface area contributed by atoms with E-state index < -0.39 is 0 Å². The minimum Gasteiger partial charge on any atom is -0.454 e. The summed E-state index contributed by atoms with van der Waals surface area (Å²) in [5, 5.41) is 7.28. The molecular formula is C46H29NOS. The summed E-state index contributed by atoms with van der Waals surface area (Å²) in [5.41, 5.74) is 9.86. The van der Waals surface area contributed by atoms with Crippen LogP contribution in [0.4, 0.5) is 17.1 Å². The quantitative estimate of drug-likeness (QED) is 0.186. The normalized spacial score (nSPS) is 11.7. The molecule has 0 aliphatic carbocycles. The highest BCUT2D eigenvalue weighted by molar-refractivity contribution is 7.26. The Morgan fingerprint density at radius 3 is 1.96 bits per heavy atom. The Morgan fingerprint density at radius 1 is 0.429 bits per heavy atom. The van der Waals surface area contributed by atoms with Gasteiger partial charge in [-0.2, -0.15) is 0 Å². The van der Waals surface area contributed by atoms with Crippen LogP contribution in [0.3, 0.4) is 0 Å². The van der Waals surface area contributed by atoms with Gasteiger partial charge in [0.1, 0.15) is 5.58 Å². The molecule has 0 aliphatic heterocycles. The number of furan rings is 1. The van der Waals surface area contributed by atoms with E-state index >= 15 is 0 Å². The van der Waals surface area contributed by atoms with Crippen molar-refractivity contribution in [1.29, 1.82) is 0 Å². The first-order valence-corrected chi connectivity index (χ1v) is 17.4. The summed E-state index contributed by atoms with van der Waals surface area (Å²) >= 11 is 1.84. The van der Waals surface area contributed by atoms with Gasteiger partial charge >= 0.3 is 0 Å². The lowest BCUT2D eigenvalue weighted by molar-refractivity contribution is 0.669. The maximum Gasteiger partial charge on any atom is 0.159 e. The van der Waals surface area contributed by atoms with Crippen molar-refractivity contribution in [3.63, 3.8) is 0 Å². The van der Waals surface area contributed by atoms with Crippen molar-refractivity contribution in [3.8, 4) is 22.3 Å². The molecule has 0 saturated heterocycles. The number of thiophene rings is 1. The van der Waals surface area contributed by atoms with Gasteiger partial charge in [-0.1, -0.05) is 140 Å². The van der Waals surface area contributed by atoms with Gasteiger partial charge < -0.3 is 9.32 Å². The van der Waals surface area contributed by atoms with E-state index in [2.05, 4.69) is 175 Å². The third kappa shape index (κ3) is 4.47. The van der Waals surface area contributed by atoms with Crippen molar-refractivity contribution in [2.24, 2.45) is 0 Å². The van der Waals surface area contributed by atoms with Gasteiger partial charge in [0.15, 0.2) is 5.58 Å². The molecule has 0 unspecified atom stereocenters. The molecule has 230 valence electrons. The highest BCUT2D eigenvalue weighted by Gasteiger charge is 2.22. The van der Waals surface area contributed by atoms with E-state index in [1.807, 2.05) is 17.4 Å².